The normalized spacial score (nSPS) is 10.9. The first-order valence-corrected chi connectivity index (χ1v) is 10.3. The highest BCUT2D eigenvalue weighted by Gasteiger charge is 2.32. The Balaban J connectivity index is 2.65. The molecule has 0 spiro atoms. The summed E-state index contributed by atoms with van der Waals surface area (Å²) in [6.07, 6.45) is 0. The Labute approximate surface area is 173 Å². The third-order valence-corrected chi connectivity index (χ3v) is 5.62. The molecule has 0 atom stereocenters. The zero-order valence-corrected chi connectivity index (χ0v) is 17.1. The number of benzene rings is 2. The van der Waals surface area contributed by atoms with Gasteiger partial charge in [-0.2, -0.15) is 0 Å². The van der Waals surface area contributed by atoms with E-state index in [1.807, 2.05) is 0 Å². The zero-order chi connectivity index (χ0) is 22.3. The number of hydrogen-bond donors (Lipinski definition) is 0. The third-order valence-electron chi connectivity index (χ3n) is 3.86. The first kappa shape index (κ1) is 22.8. The van der Waals surface area contributed by atoms with Gasteiger partial charge in [0.25, 0.3) is 15.7 Å². The lowest BCUT2D eigenvalue weighted by Crippen LogP contribution is -2.37. The van der Waals surface area contributed by atoms with Crippen LogP contribution in [0.2, 0.25) is 0 Å². The lowest BCUT2D eigenvalue weighted by atomic mass is 10.2. The smallest absolute Gasteiger partial charge is 0.340 e. The molecule has 0 amide bonds. The number of nitro benzene ring substituents is 1. The second-order valence-electron chi connectivity index (χ2n) is 5.81. The van der Waals surface area contributed by atoms with E-state index in [9.17, 15) is 28.1 Å². The van der Waals surface area contributed by atoms with E-state index in [2.05, 4.69) is 0 Å². The molecule has 0 bridgehead atoms. The molecule has 0 radical (unpaired) electrons. The summed E-state index contributed by atoms with van der Waals surface area (Å²) in [5.74, 6) is -1.64. The number of rotatable bonds is 9. The predicted octanol–water partition coefficient (Wildman–Crippen LogP) is 2.53. The van der Waals surface area contributed by atoms with Crippen LogP contribution in [0.25, 0.3) is 0 Å². The van der Waals surface area contributed by atoms with Crippen molar-refractivity contribution in [3.63, 3.8) is 0 Å². The van der Waals surface area contributed by atoms with Gasteiger partial charge in [0, 0.05) is 12.1 Å². The highest BCUT2D eigenvalue weighted by Crippen LogP contribution is 2.29. The molecular weight excluding hydrogens is 416 g/mol. The molecule has 11 heteroatoms. The van der Waals surface area contributed by atoms with Gasteiger partial charge in [0.15, 0.2) is 0 Å². The van der Waals surface area contributed by atoms with E-state index in [-0.39, 0.29) is 24.5 Å². The standard InChI is InChI=1S/C19H20N2O8S/c1-3-28-18(22)13-20(17-11-6-5-10-16(17)19(23)29-4-2)30(26,27)15-9-7-8-14(12-15)21(24)25/h5-12H,3-4,13H2,1-2H3. The number of hydrogen-bond acceptors (Lipinski definition) is 8. The number of para-hydroxylation sites is 1. The van der Waals surface area contributed by atoms with Crippen LogP contribution >= 0.6 is 0 Å². The van der Waals surface area contributed by atoms with E-state index in [0.29, 0.717) is 4.31 Å². The number of nitro groups is 1. The van der Waals surface area contributed by atoms with Gasteiger partial charge in [-0.25, -0.2) is 13.2 Å². The number of carbonyl (C=O) groups is 2. The van der Waals surface area contributed by atoms with Crippen molar-refractivity contribution in [3.8, 4) is 0 Å². The number of esters is 2. The average Bonchev–Trinajstić information content (AvgIpc) is 2.72. The SMILES string of the molecule is CCOC(=O)CN(c1ccccc1C(=O)OCC)S(=O)(=O)c1cccc([N+](=O)[O-])c1. The van der Waals surface area contributed by atoms with E-state index in [1.165, 1.54) is 30.3 Å². The molecule has 0 N–H and O–H groups in total. The lowest BCUT2D eigenvalue weighted by Gasteiger charge is -2.25. The van der Waals surface area contributed by atoms with Gasteiger partial charge < -0.3 is 9.47 Å². The molecule has 0 aliphatic carbocycles. The van der Waals surface area contributed by atoms with Crippen LogP contribution in [0.15, 0.2) is 53.4 Å². The average molecular weight is 436 g/mol. The molecule has 0 aliphatic rings. The summed E-state index contributed by atoms with van der Waals surface area (Å²) in [6.45, 7) is 2.49. The Hall–Kier alpha value is -3.47. The van der Waals surface area contributed by atoms with Crippen molar-refractivity contribution in [1.29, 1.82) is 0 Å². The highest BCUT2D eigenvalue weighted by atomic mass is 32.2. The van der Waals surface area contributed by atoms with Gasteiger partial charge in [-0.15, -0.1) is 0 Å². The van der Waals surface area contributed by atoms with Crippen molar-refractivity contribution in [2.45, 2.75) is 18.7 Å². The number of sulfonamides is 1. The summed E-state index contributed by atoms with van der Waals surface area (Å²) in [5, 5.41) is 11.1. The molecule has 160 valence electrons. The van der Waals surface area contributed by atoms with Crippen LogP contribution in [0.1, 0.15) is 24.2 Å². The highest BCUT2D eigenvalue weighted by molar-refractivity contribution is 7.92. The maximum Gasteiger partial charge on any atom is 0.340 e. The van der Waals surface area contributed by atoms with Gasteiger partial charge in [0.05, 0.1) is 34.3 Å². The summed E-state index contributed by atoms with van der Waals surface area (Å²) >= 11 is 0. The Morgan fingerprint density at radius 1 is 1.03 bits per heavy atom. The summed E-state index contributed by atoms with van der Waals surface area (Å²) in [6, 6.07) is 10.1. The molecule has 0 aromatic heterocycles. The number of carbonyl (C=O) groups excluding carboxylic acids is 2. The maximum absolute atomic E-state index is 13.3. The Morgan fingerprint density at radius 3 is 2.33 bits per heavy atom. The number of anilines is 1. The van der Waals surface area contributed by atoms with Crippen molar-refractivity contribution in [2.75, 3.05) is 24.1 Å². The van der Waals surface area contributed by atoms with Gasteiger partial charge >= 0.3 is 11.9 Å². The van der Waals surface area contributed by atoms with E-state index >= 15 is 0 Å². The predicted molar refractivity (Wildman–Crippen MR) is 107 cm³/mol. The molecule has 2 rings (SSSR count). The fourth-order valence-electron chi connectivity index (χ4n) is 2.58. The Kier molecular flexibility index (Phi) is 7.48. The fourth-order valence-corrected chi connectivity index (χ4v) is 4.05. The Bertz CT molecular complexity index is 1050. The Morgan fingerprint density at radius 2 is 1.70 bits per heavy atom. The molecule has 0 unspecified atom stereocenters. The second-order valence-corrected chi connectivity index (χ2v) is 7.67. The van der Waals surface area contributed by atoms with Gasteiger partial charge in [0.1, 0.15) is 6.54 Å². The summed E-state index contributed by atoms with van der Waals surface area (Å²) in [4.78, 5) is 34.4. The van der Waals surface area contributed by atoms with Crippen molar-refractivity contribution in [1.82, 2.24) is 0 Å². The molecule has 0 aliphatic heterocycles. The molecule has 2 aromatic rings. The quantitative estimate of drug-likeness (QED) is 0.333. The molecule has 0 heterocycles. The van der Waals surface area contributed by atoms with Crippen molar-refractivity contribution in [2.24, 2.45) is 0 Å². The first-order chi connectivity index (χ1) is 14.2. The van der Waals surface area contributed by atoms with Crippen molar-refractivity contribution >= 4 is 33.3 Å². The van der Waals surface area contributed by atoms with E-state index in [0.717, 1.165) is 18.2 Å². The van der Waals surface area contributed by atoms with Crippen LogP contribution in [-0.4, -0.2) is 45.0 Å². The van der Waals surface area contributed by atoms with E-state index < -0.39 is 44.0 Å². The zero-order valence-electron chi connectivity index (χ0n) is 16.3. The largest absolute Gasteiger partial charge is 0.465 e. The van der Waals surface area contributed by atoms with Crippen LogP contribution in [0.4, 0.5) is 11.4 Å². The first-order valence-electron chi connectivity index (χ1n) is 8.91. The van der Waals surface area contributed by atoms with Crippen molar-refractivity contribution < 1.29 is 32.4 Å². The fraction of sp³-hybridized carbons (Fsp3) is 0.263. The summed E-state index contributed by atoms with van der Waals surface area (Å²) in [7, 11) is -4.47. The lowest BCUT2D eigenvalue weighted by molar-refractivity contribution is -0.385. The van der Waals surface area contributed by atoms with Crippen LogP contribution in [0.3, 0.4) is 0 Å². The summed E-state index contributed by atoms with van der Waals surface area (Å²) in [5.41, 5.74) is -0.640. The monoisotopic (exact) mass is 436 g/mol. The minimum Gasteiger partial charge on any atom is -0.465 e. The molecule has 2 aromatic carbocycles. The van der Waals surface area contributed by atoms with Crippen LogP contribution < -0.4 is 4.31 Å². The van der Waals surface area contributed by atoms with E-state index in [1.54, 1.807) is 13.8 Å². The molecule has 30 heavy (non-hydrogen) atoms. The van der Waals surface area contributed by atoms with Crippen LogP contribution in [-0.2, 0) is 24.3 Å². The van der Waals surface area contributed by atoms with Crippen molar-refractivity contribution in [3.05, 3.63) is 64.2 Å². The van der Waals surface area contributed by atoms with Gasteiger partial charge in [0.2, 0.25) is 0 Å². The molecule has 0 saturated heterocycles. The molecule has 0 saturated carbocycles. The van der Waals surface area contributed by atoms with E-state index in [4.69, 9.17) is 9.47 Å². The minimum absolute atomic E-state index is 0.0169. The van der Waals surface area contributed by atoms with Gasteiger partial charge in [-0.05, 0) is 32.0 Å². The molecular formula is C19H20N2O8S. The van der Waals surface area contributed by atoms with Gasteiger partial charge in [-0.1, -0.05) is 18.2 Å². The minimum atomic E-state index is -4.47. The van der Waals surface area contributed by atoms with Crippen LogP contribution in [0, 0.1) is 10.1 Å². The summed E-state index contributed by atoms with van der Waals surface area (Å²) < 4.78 is 37.2. The maximum atomic E-state index is 13.3. The number of non-ortho nitro benzene ring substituents is 1. The van der Waals surface area contributed by atoms with Crippen LogP contribution in [0.5, 0.6) is 0 Å². The number of nitrogens with zero attached hydrogens (tertiary/aromatic N) is 2. The third kappa shape index (κ3) is 5.11. The molecule has 10 nitrogen and oxygen atoms in total. The molecule has 0 fully saturated rings. The topological polar surface area (TPSA) is 133 Å². The number of ether oxygens (including phenoxy) is 2. The van der Waals surface area contributed by atoms with Gasteiger partial charge in [-0.3, -0.25) is 19.2 Å². The second kappa shape index (κ2) is 9.83.